The highest BCUT2D eigenvalue weighted by molar-refractivity contribution is 5.88. The van der Waals surface area contributed by atoms with Crippen LogP contribution < -0.4 is 10.6 Å². The predicted molar refractivity (Wildman–Crippen MR) is 85.3 cm³/mol. The summed E-state index contributed by atoms with van der Waals surface area (Å²) in [5, 5.41) is 14.9. The van der Waals surface area contributed by atoms with E-state index in [1.165, 1.54) is 18.1 Å². The SMILES string of the molecule is CC(=O)Nc1ccc(Cc2ccc(NC(C)O)cc2)cc1. The lowest BCUT2D eigenvalue weighted by molar-refractivity contribution is -0.114. The summed E-state index contributed by atoms with van der Waals surface area (Å²) >= 11 is 0. The molecule has 2 aromatic rings. The quantitative estimate of drug-likeness (QED) is 0.740. The van der Waals surface area contributed by atoms with Crippen LogP contribution in [0.4, 0.5) is 11.4 Å². The summed E-state index contributed by atoms with van der Waals surface area (Å²) in [6.07, 6.45) is 0.271. The van der Waals surface area contributed by atoms with E-state index in [-0.39, 0.29) is 5.91 Å². The third-order valence-corrected chi connectivity index (χ3v) is 3.01. The number of carbonyl (C=O) groups excluding carboxylic acids is 1. The van der Waals surface area contributed by atoms with Crippen molar-refractivity contribution in [3.05, 3.63) is 59.7 Å². The first-order valence-electron chi connectivity index (χ1n) is 6.93. The maximum Gasteiger partial charge on any atom is 0.221 e. The first-order valence-corrected chi connectivity index (χ1v) is 6.93. The Hall–Kier alpha value is -2.33. The topological polar surface area (TPSA) is 61.4 Å². The number of amides is 1. The average Bonchev–Trinajstić information content (AvgIpc) is 2.42. The summed E-state index contributed by atoms with van der Waals surface area (Å²) < 4.78 is 0. The van der Waals surface area contributed by atoms with Gasteiger partial charge in [0, 0.05) is 18.3 Å². The lowest BCUT2D eigenvalue weighted by Gasteiger charge is -2.10. The molecule has 1 atom stereocenters. The van der Waals surface area contributed by atoms with Crippen LogP contribution in [-0.2, 0) is 11.2 Å². The number of rotatable bonds is 5. The highest BCUT2D eigenvalue weighted by atomic mass is 16.3. The van der Waals surface area contributed by atoms with Gasteiger partial charge in [-0.05, 0) is 48.7 Å². The first-order chi connectivity index (χ1) is 10.0. The molecule has 0 spiro atoms. The molecule has 0 aliphatic rings. The Morgan fingerprint density at radius 2 is 1.48 bits per heavy atom. The molecule has 110 valence electrons. The predicted octanol–water partition coefficient (Wildman–Crippen LogP) is 2.99. The van der Waals surface area contributed by atoms with Crippen LogP contribution in [0.5, 0.6) is 0 Å². The molecule has 0 fully saturated rings. The molecule has 4 heteroatoms. The van der Waals surface area contributed by atoms with Crippen LogP contribution in [0.2, 0.25) is 0 Å². The molecule has 0 saturated carbocycles. The number of anilines is 2. The number of hydrogen-bond donors (Lipinski definition) is 3. The summed E-state index contributed by atoms with van der Waals surface area (Å²) in [5.41, 5.74) is 4.08. The average molecular weight is 284 g/mol. The van der Waals surface area contributed by atoms with Gasteiger partial charge in [0.05, 0.1) is 0 Å². The molecule has 0 bridgehead atoms. The van der Waals surface area contributed by atoms with E-state index in [0.717, 1.165) is 17.8 Å². The van der Waals surface area contributed by atoms with Crippen molar-refractivity contribution >= 4 is 17.3 Å². The van der Waals surface area contributed by atoms with Gasteiger partial charge in [0.2, 0.25) is 5.91 Å². The lowest BCUT2D eigenvalue weighted by Crippen LogP contribution is -2.13. The largest absolute Gasteiger partial charge is 0.374 e. The molecule has 2 aromatic carbocycles. The van der Waals surface area contributed by atoms with E-state index < -0.39 is 6.23 Å². The van der Waals surface area contributed by atoms with Gasteiger partial charge in [-0.1, -0.05) is 24.3 Å². The minimum Gasteiger partial charge on any atom is -0.374 e. The smallest absolute Gasteiger partial charge is 0.221 e. The second-order valence-corrected chi connectivity index (χ2v) is 5.07. The Bertz CT molecular complexity index is 589. The molecule has 0 radical (unpaired) electrons. The van der Waals surface area contributed by atoms with Crippen LogP contribution in [0.25, 0.3) is 0 Å². The van der Waals surface area contributed by atoms with Gasteiger partial charge in [-0.2, -0.15) is 0 Å². The number of hydrogen-bond acceptors (Lipinski definition) is 3. The molecule has 0 saturated heterocycles. The van der Waals surface area contributed by atoms with Gasteiger partial charge in [0.1, 0.15) is 6.23 Å². The van der Waals surface area contributed by atoms with Crippen molar-refractivity contribution in [1.29, 1.82) is 0 Å². The fourth-order valence-electron chi connectivity index (χ4n) is 2.10. The lowest BCUT2D eigenvalue weighted by atomic mass is 10.0. The Labute approximate surface area is 124 Å². The van der Waals surface area contributed by atoms with Crippen LogP contribution in [0, 0.1) is 0 Å². The number of benzene rings is 2. The van der Waals surface area contributed by atoms with Gasteiger partial charge in [-0.15, -0.1) is 0 Å². The summed E-state index contributed by atoms with van der Waals surface area (Å²) in [4.78, 5) is 11.0. The van der Waals surface area contributed by atoms with Crippen molar-refractivity contribution in [2.45, 2.75) is 26.5 Å². The van der Waals surface area contributed by atoms with E-state index in [4.69, 9.17) is 0 Å². The van der Waals surface area contributed by atoms with Gasteiger partial charge >= 0.3 is 0 Å². The van der Waals surface area contributed by atoms with E-state index in [0.29, 0.717) is 0 Å². The van der Waals surface area contributed by atoms with E-state index in [2.05, 4.69) is 10.6 Å². The third kappa shape index (κ3) is 4.93. The van der Waals surface area contributed by atoms with Crippen LogP contribution >= 0.6 is 0 Å². The van der Waals surface area contributed by atoms with Crippen molar-refractivity contribution in [2.24, 2.45) is 0 Å². The number of aliphatic hydroxyl groups is 1. The summed E-state index contributed by atoms with van der Waals surface area (Å²) in [6.45, 7) is 3.18. The molecule has 21 heavy (non-hydrogen) atoms. The number of nitrogens with one attached hydrogen (secondary N) is 2. The van der Waals surface area contributed by atoms with E-state index in [9.17, 15) is 9.90 Å². The molecule has 3 N–H and O–H groups in total. The standard InChI is InChI=1S/C17H20N2O2/c1-12(20)18-16-7-3-14(4-8-16)11-15-5-9-17(10-6-15)19-13(2)21/h3-10,12,18,20H,11H2,1-2H3,(H,19,21). The molecule has 0 aliphatic carbocycles. The molecule has 1 unspecified atom stereocenters. The molecule has 1 amide bonds. The maximum absolute atomic E-state index is 11.0. The maximum atomic E-state index is 11.0. The van der Waals surface area contributed by atoms with Gasteiger partial charge in [-0.25, -0.2) is 0 Å². The van der Waals surface area contributed by atoms with Crippen molar-refractivity contribution < 1.29 is 9.90 Å². The second kappa shape index (κ2) is 6.90. The monoisotopic (exact) mass is 284 g/mol. The van der Waals surface area contributed by atoms with Crippen molar-refractivity contribution in [2.75, 3.05) is 10.6 Å². The zero-order valence-electron chi connectivity index (χ0n) is 12.3. The van der Waals surface area contributed by atoms with E-state index in [1.54, 1.807) is 6.92 Å². The summed E-state index contributed by atoms with van der Waals surface area (Å²) in [6, 6.07) is 15.8. The Morgan fingerprint density at radius 3 is 1.90 bits per heavy atom. The summed E-state index contributed by atoms with van der Waals surface area (Å²) in [7, 11) is 0. The second-order valence-electron chi connectivity index (χ2n) is 5.07. The zero-order chi connectivity index (χ0) is 15.2. The first kappa shape index (κ1) is 15.1. The molecule has 2 rings (SSSR count). The minimum atomic E-state index is -0.558. The molecule has 4 nitrogen and oxygen atoms in total. The highest BCUT2D eigenvalue weighted by Gasteiger charge is 2.00. The Kier molecular flexibility index (Phi) is 4.95. The minimum absolute atomic E-state index is 0.0658. The van der Waals surface area contributed by atoms with Crippen LogP contribution in [0.15, 0.2) is 48.5 Å². The van der Waals surface area contributed by atoms with Gasteiger partial charge in [-0.3, -0.25) is 4.79 Å². The number of aliphatic hydroxyl groups excluding tert-OH is 1. The normalized spacial score (nSPS) is 11.8. The van der Waals surface area contributed by atoms with E-state index >= 15 is 0 Å². The van der Waals surface area contributed by atoms with Crippen molar-refractivity contribution in [3.63, 3.8) is 0 Å². The van der Waals surface area contributed by atoms with Gasteiger partial charge in [0.15, 0.2) is 0 Å². The fraction of sp³-hybridized carbons (Fsp3) is 0.235. The highest BCUT2D eigenvalue weighted by Crippen LogP contribution is 2.16. The van der Waals surface area contributed by atoms with Crippen LogP contribution in [-0.4, -0.2) is 17.2 Å². The third-order valence-electron chi connectivity index (χ3n) is 3.01. The van der Waals surface area contributed by atoms with Crippen LogP contribution in [0.3, 0.4) is 0 Å². The molecule has 0 heterocycles. The fourth-order valence-corrected chi connectivity index (χ4v) is 2.10. The molecular formula is C17H20N2O2. The van der Waals surface area contributed by atoms with Crippen molar-refractivity contribution in [1.82, 2.24) is 0 Å². The molecular weight excluding hydrogens is 264 g/mol. The Balaban J connectivity index is 1.99. The van der Waals surface area contributed by atoms with Crippen LogP contribution in [0.1, 0.15) is 25.0 Å². The molecule has 0 aromatic heterocycles. The van der Waals surface area contributed by atoms with Gasteiger partial charge in [0.25, 0.3) is 0 Å². The number of carbonyl (C=O) groups is 1. The van der Waals surface area contributed by atoms with Crippen molar-refractivity contribution in [3.8, 4) is 0 Å². The Morgan fingerprint density at radius 1 is 1.00 bits per heavy atom. The summed E-state index contributed by atoms with van der Waals surface area (Å²) in [5.74, 6) is -0.0658. The van der Waals surface area contributed by atoms with Gasteiger partial charge < -0.3 is 15.7 Å². The molecule has 0 aliphatic heterocycles. The zero-order valence-corrected chi connectivity index (χ0v) is 12.3. The van der Waals surface area contributed by atoms with E-state index in [1.807, 2.05) is 48.5 Å².